The molecule has 2 nitrogen and oxygen atoms in total. The van der Waals surface area contributed by atoms with E-state index in [0.29, 0.717) is 5.92 Å². The van der Waals surface area contributed by atoms with Crippen molar-refractivity contribution in [3.8, 4) is 0 Å². The maximum absolute atomic E-state index is 12.3. The van der Waals surface area contributed by atoms with Crippen LogP contribution in [0.2, 0.25) is 0 Å². The Bertz CT molecular complexity index is 206. The molecule has 0 aromatic carbocycles. The van der Waals surface area contributed by atoms with Crippen LogP contribution in [0.25, 0.3) is 0 Å². The first-order valence-electron chi connectivity index (χ1n) is 5.90. The summed E-state index contributed by atoms with van der Waals surface area (Å²) in [5.74, 6) is 0.413. The molecule has 1 heterocycles. The highest BCUT2D eigenvalue weighted by atomic mass is 19.4. The van der Waals surface area contributed by atoms with Gasteiger partial charge in [-0.1, -0.05) is 6.92 Å². The van der Waals surface area contributed by atoms with Crippen LogP contribution in [0, 0.1) is 5.92 Å². The molecule has 1 aliphatic heterocycles. The minimum absolute atomic E-state index is 0.402. The van der Waals surface area contributed by atoms with Gasteiger partial charge in [-0.3, -0.25) is 4.90 Å². The molecule has 1 saturated heterocycles. The van der Waals surface area contributed by atoms with Crippen LogP contribution < -0.4 is 5.32 Å². The van der Waals surface area contributed by atoms with Gasteiger partial charge >= 0.3 is 6.18 Å². The molecule has 1 rings (SSSR count). The molecule has 0 bridgehead atoms. The zero-order valence-electron chi connectivity index (χ0n) is 9.98. The smallest absolute Gasteiger partial charge is 0.316 e. The van der Waals surface area contributed by atoms with Crippen LogP contribution in [0.5, 0.6) is 0 Å². The molecule has 0 radical (unpaired) electrons. The second-order valence-corrected chi connectivity index (χ2v) is 4.83. The normalized spacial score (nSPS) is 27.2. The van der Waals surface area contributed by atoms with Crippen LogP contribution in [0.15, 0.2) is 0 Å². The molecular formula is C11H21F3N2. The highest BCUT2D eigenvalue weighted by Crippen LogP contribution is 2.24. The molecule has 0 aliphatic carbocycles. The molecule has 0 saturated carbocycles. The topological polar surface area (TPSA) is 15.3 Å². The van der Waals surface area contributed by atoms with Crippen molar-refractivity contribution >= 4 is 0 Å². The van der Waals surface area contributed by atoms with Gasteiger partial charge < -0.3 is 5.32 Å². The molecule has 0 aromatic heterocycles. The lowest BCUT2D eigenvalue weighted by atomic mass is 10.1. The van der Waals surface area contributed by atoms with Crippen LogP contribution >= 0.6 is 0 Å². The van der Waals surface area contributed by atoms with Crippen molar-refractivity contribution in [3.63, 3.8) is 0 Å². The van der Waals surface area contributed by atoms with Gasteiger partial charge in [0.1, 0.15) is 0 Å². The lowest BCUT2D eigenvalue weighted by Crippen LogP contribution is -2.44. The third-order valence-electron chi connectivity index (χ3n) is 2.99. The van der Waals surface area contributed by atoms with E-state index in [4.69, 9.17) is 0 Å². The van der Waals surface area contributed by atoms with E-state index in [1.54, 1.807) is 6.92 Å². The van der Waals surface area contributed by atoms with Gasteiger partial charge in [0.05, 0.1) is 6.42 Å². The summed E-state index contributed by atoms with van der Waals surface area (Å²) in [4.78, 5) is 1.97. The number of hydrogen-bond donors (Lipinski definition) is 1. The maximum Gasteiger partial charge on any atom is 0.390 e. The van der Waals surface area contributed by atoms with Gasteiger partial charge in [-0.05, 0) is 38.9 Å². The van der Waals surface area contributed by atoms with E-state index in [1.165, 1.54) is 0 Å². The molecule has 1 N–H and O–H groups in total. The Balaban J connectivity index is 2.48. The number of nitrogens with zero attached hydrogens (tertiary/aromatic N) is 1. The summed E-state index contributed by atoms with van der Waals surface area (Å²) in [6, 6.07) is -0.402. The quantitative estimate of drug-likeness (QED) is 0.794. The standard InChI is InChI=1S/C11H21F3N2/c1-9-7-15-4-3-5-16(8-9)10(2)6-11(12,13)14/h9-10,15H,3-8H2,1-2H3. The fraction of sp³-hybridized carbons (Fsp3) is 1.00. The first-order valence-corrected chi connectivity index (χ1v) is 5.90. The highest BCUT2D eigenvalue weighted by Gasteiger charge is 2.32. The number of hydrogen-bond acceptors (Lipinski definition) is 2. The van der Waals surface area contributed by atoms with Gasteiger partial charge in [0, 0.05) is 12.6 Å². The summed E-state index contributed by atoms with van der Waals surface area (Å²) in [6.45, 7) is 7.06. The van der Waals surface area contributed by atoms with Gasteiger partial charge in [0.2, 0.25) is 0 Å². The Morgan fingerprint density at radius 1 is 1.44 bits per heavy atom. The zero-order chi connectivity index (χ0) is 12.2. The van der Waals surface area contributed by atoms with Crippen molar-refractivity contribution in [1.29, 1.82) is 0 Å². The van der Waals surface area contributed by atoms with Crippen LogP contribution in [-0.4, -0.2) is 43.3 Å². The van der Waals surface area contributed by atoms with E-state index in [0.717, 1.165) is 32.6 Å². The Morgan fingerprint density at radius 3 is 2.75 bits per heavy atom. The van der Waals surface area contributed by atoms with Crippen molar-refractivity contribution in [2.24, 2.45) is 5.92 Å². The Hall–Kier alpha value is -0.290. The SMILES string of the molecule is CC1CNCCCN(C(C)CC(F)(F)F)C1. The average Bonchev–Trinajstić information content (AvgIpc) is 2.07. The Morgan fingerprint density at radius 2 is 2.12 bits per heavy atom. The van der Waals surface area contributed by atoms with Crippen LogP contribution in [0.3, 0.4) is 0 Å². The molecule has 5 heteroatoms. The van der Waals surface area contributed by atoms with E-state index in [2.05, 4.69) is 12.2 Å². The fourth-order valence-electron chi connectivity index (χ4n) is 2.18. The fourth-order valence-corrected chi connectivity index (χ4v) is 2.18. The third kappa shape index (κ3) is 5.16. The summed E-state index contributed by atoms with van der Waals surface area (Å²) < 4.78 is 36.9. The summed E-state index contributed by atoms with van der Waals surface area (Å²) in [7, 11) is 0. The van der Waals surface area contributed by atoms with E-state index in [1.807, 2.05) is 4.90 Å². The summed E-state index contributed by atoms with van der Waals surface area (Å²) in [5, 5.41) is 3.30. The van der Waals surface area contributed by atoms with Crippen molar-refractivity contribution in [3.05, 3.63) is 0 Å². The monoisotopic (exact) mass is 238 g/mol. The molecule has 96 valence electrons. The molecule has 1 fully saturated rings. The molecule has 0 spiro atoms. The molecule has 1 aliphatic rings. The number of rotatable bonds is 2. The van der Waals surface area contributed by atoms with Crippen LogP contribution in [0.1, 0.15) is 26.7 Å². The average molecular weight is 238 g/mol. The summed E-state index contributed by atoms with van der Waals surface area (Å²) in [6.07, 6.45) is -3.83. The van der Waals surface area contributed by atoms with Gasteiger partial charge in [0.25, 0.3) is 0 Å². The first kappa shape index (κ1) is 13.8. The zero-order valence-corrected chi connectivity index (χ0v) is 9.98. The van der Waals surface area contributed by atoms with E-state index >= 15 is 0 Å². The summed E-state index contributed by atoms with van der Waals surface area (Å²) in [5.41, 5.74) is 0. The van der Waals surface area contributed by atoms with Crippen molar-refractivity contribution in [2.45, 2.75) is 38.9 Å². The maximum atomic E-state index is 12.3. The molecule has 0 amide bonds. The second-order valence-electron chi connectivity index (χ2n) is 4.83. The highest BCUT2D eigenvalue weighted by molar-refractivity contribution is 4.75. The molecular weight excluding hydrogens is 217 g/mol. The number of nitrogens with one attached hydrogen (secondary N) is 1. The predicted molar refractivity (Wildman–Crippen MR) is 58.4 cm³/mol. The molecule has 0 aromatic rings. The van der Waals surface area contributed by atoms with Gasteiger partial charge in [-0.2, -0.15) is 13.2 Å². The number of alkyl halides is 3. The van der Waals surface area contributed by atoms with Crippen LogP contribution in [-0.2, 0) is 0 Å². The van der Waals surface area contributed by atoms with Crippen molar-refractivity contribution in [1.82, 2.24) is 10.2 Å². The Labute approximate surface area is 95.2 Å². The van der Waals surface area contributed by atoms with Crippen molar-refractivity contribution < 1.29 is 13.2 Å². The largest absolute Gasteiger partial charge is 0.390 e. The molecule has 16 heavy (non-hydrogen) atoms. The minimum Gasteiger partial charge on any atom is -0.316 e. The predicted octanol–water partition coefficient (Wildman–Crippen LogP) is 2.26. The van der Waals surface area contributed by atoms with Gasteiger partial charge in [0.15, 0.2) is 0 Å². The first-order chi connectivity index (χ1) is 7.38. The van der Waals surface area contributed by atoms with E-state index < -0.39 is 18.6 Å². The second kappa shape index (κ2) is 5.87. The lowest BCUT2D eigenvalue weighted by Gasteiger charge is -2.33. The lowest BCUT2D eigenvalue weighted by molar-refractivity contribution is -0.146. The van der Waals surface area contributed by atoms with E-state index in [9.17, 15) is 13.2 Å². The Kier molecular flexibility index (Phi) is 5.05. The number of halogens is 3. The molecule has 2 unspecified atom stereocenters. The summed E-state index contributed by atoms with van der Waals surface area (Å²) >= 11 is 0. The molecule has 2 atom stereocenters. The minimum atomic E-state index is -4.05. The van der Waals surface area contributed by atoms with Crippen molar-refractivity contribution in [2.75, 3.05) is 26.2 Å². The third-order valence-corrected chi connectivity index (χ3v) is 2.99. The van der Waals surface area contributed by atoms with Crippen LogP contribution in [0.4, 0.5) is 13.2 Å². The van der Waals surface area contributed by atoms with Gasteiger partial charge in [-0.15, -0.1) is 0 Å². The van der Waals surface area contributed by atoms with E-state index in [-0.39, 0.29) is 0 Å². The van der Waals surface area contributed by atoms with Gasteiger partial charge in [-0.25, -0.2) is 0 Å².